The average Bonchev–Trinajstić information content (AvgIpc) is 2.81. The van der Waals surface area contributed by atoms with Crippen LogP contribution in [0.25, 0.3) is 30.9 Å². The van der Waals surface area contributed by atoms with E-state index in [2.05, 4.69) is 24.3 Å². The van der Waals surface area contributed by atoms with Gasteiger partial charge in [0.2, 0.25) is 0 Å². The van der Waals surface area contributed by atoms with Crippen molar-refractivity contribution in [3.8, 4) is 0 Å². The molecule has 4 heteroatoms. The lowest BCUT2D eigenvalue weighted by Gasteiger charge is -2.06. The molecule has 0 aliphatic carbocycles. The van der Waals surface area contributed by atoms with Crippen molar-refractivity contribution in [1.29, 1.82) is 0 Å². The van der Waals surface area contributed by atoms with Crippen LogP contribution in [-0.2, 0) is 0 Å². The fourth-order valence-electron chi connectivity index (χ4n) is 2.75. The van der Waals surface area contributed by atoms with Crippen molar-refractivity contribution >= 4 is 54.9 Å². The van der Waals surface area contributed by atoms with Crippen LogP contribution >= 0.6 is 11.3 Å². The van der Waals surface area contributed by atoms with Crippen molar-refractivity contribution in [3.63, 3.8) is 0 Å². The predicted octanol–water partition coefficient (Wildman–Crippen LogP) is 2.89. The molecular weight excluding hydrogens is 267 g/mol. The van der Waals surface area contributed by atoms with E-state index in [9.17, 15) is 10.0 Å². The Morgan fingerprint density at radius 2 is 1.60 bits per heavy atom. The van der Waals surface area contributed by atoms with Crippen LogP contribution in [0.5, 0.6) is 0 Å². The molecule has 1 aromatic heterocycles. The molecule has 0 bridgehead atoms. The molecule has 0 aliphatic rings. The van der Waals surface area contributed by atoms with Gasteiger partial charge >= 0.3 is 7.12 Å². The second kappa shape index (κ2) is 4.31. The smallest absolute Gasteiger partial charge is 0.423 e. The van der Waals surface area contributed by atoms with Gasteiger partial charge in [-0.05, 0) is 34.4 Å². The highest BCUT2D eigenvalue weighted by atomic mass is 32.1. The number of thiophene rings is 1. The third-order valence-electron chi connectivity index (χ3n) is 3.69. The SMILES string of the molecule is OB(O)c1cccc2cc3sc4ccccc4c3cc12. The summed E-state index contributed by atoms with van der Waals surface area (Å²) in [5, 5.41) is 23.4. The van der Waals surface area contributed by atoms with E-state index in [-0.39, 0.29) is 0 Å². The molecule has 0 atom stereocenters. The molecular formula is C16H11BO2S. The van der Waals surface area contributed by atoms with Crippen LogP contribution in [0.3, 0.4) is 0 Å². The Morgan fingerprint density at radius 1 is 0.750 bits per heavy atom. The zero-order valence-electron chi connectivity index (χ0n) is 10.6. The highest BCUT2D eigenvalue weighted by Gasteiger charge is 2.15. The molecule has 0 spiro atoms. The first-order chi connectivity index (χ1) is 9.74. The maximum absolute atomic E-state index is 9.52. The minimum absolute atomic E-state index is 0.555. The summed E-state index contributed by atoms with van der Waals surface area (Å²) in [6, 6.07) is 18.1. The summed E-state index contributed by atoms with van der Waals surface area (Å²) < 4.78 is 2.48. The molecule has 2 nitrogen and oxygen atoms in total. The lowest BCUT2D eigenvalue weighted by atomic mass is 9.77. The second-order valence-electron chi connectivity index (χ2n) is 4.89. The second-order valence-corrected chi connectivity index (χ2v) is 5.97. The van der Waals surface area contributed by atoms with Gasteiger partial charge in [-0.3, -0.25) is 0 Å². The van der Waals surface area contributed by atoms with E-state index in [1.165, 1.54) is 20.2 Å². The molecule has 3 aromatic carbocycles. The minimum Gasteiger partial charge on any atom is -0.423 e. The first-order valence-electron chi connectivity index (χ1n) is 6.44. The number of rotatable bonds is 1. The van der Waals surface area contributed by atoms with E-state index in [4.69, 9.17) is 0 Å². The molecule has 4 rings (SSSR count). The number of hydrogen-bond acceptors (Lipinski definition) is 3. The topological polar surface area (TPSA) is 40.5 Å². The Labute approximate surface area is 120 Å². The molecule has 0 saturated carbocycles. The lowest BCUT2D eigenvalue weighted by molar-refractivity contribution is 0.426. The molecule has 96 valence electrons. The molecule has 0 aliphatic heterocycles. The summed E-state index contributed by atoms with van der Waals surface area (Å²) in [7, 11) is -1.44. The maximum atomic E-state index is 9.52. The van der Waals surface area contributed by atoms with E-state index in [1.807, 2.05) is 24.3 Å². The van der Waals surface area contributed by atoms with Gasteiger partial charge in [-0.15, -0.1) is 11.3 Å². The van der Waals surface area contributed by atoms with E-state index in [0.717, 1.165) is 10.8 Å². The summed E-state index contributed by atoms with van der Waals surface area (Å²) in [5.74, 6) is 0. The van der Waals surface area contributed by atoms with Crippen LogP contribution in [0.1, 0.15) is 0 Å². The van der Waals surface area contributed by atoms with Gasteiger partial charge in [-0.25, -0.2) is 0 Å². The van der Waals surface area contributed by atoms with Crippen molar-refractivity contribution < 1.29 is 10.0 Å². The van der Waals surface area contributed by atoms with Gasteiger partial charge in [-0.2, -0.15) is 0 Å². The molecule has 0 fully saturated rings. The van der Waals surface area contributed by atoms with Crippen molar-refractivity contribution in [3.05, 3.63) is 54.6 Å². The average molecular weight is 278 g/mol. The lowest BCUT2D eigenvalue weighted by Crippen LogP contribution is -2.30. The molecule has 1 heterocycles. The summed E-state index contributed by atoms with van der Waals surface area (Å²) >= 11 is 1.77. The van der Waals surface area contributed by atoms with Crippen molar-refractivity contribution in [2.24, 2.45) is 0 Å². The quantitative estimate of drug-likeness (QED) is 0.526. The molecule has 4 aromatic rings. The van der Waals surface area contributed by atoms with E-state index < -0.39 is 7.12 Å². The van der Waals surface area contributed by atoms with Crippen LogP contribution in [0, 0.1) is 0 Å². The first-order valence-corrected chi connectivity index (χ1v) is 7.26. The van der Waals surface area contributed by atoms with Crippen molar-refractivity contribution in [2.75, 3.05) is 0 Å². The van der Waals surface area contributed by atoms with Crippen LogP contribution in [0.15, 0.2) is 54.6 Å². The maximum Gasteiger partial charge on any atom is 0.489 e. The van der Waals surface area contributed by atoms with Gasteiger partial charge in [0.05, 0.1) is 0 Å². The van der Waals surface area contributed by atoms with Gasteiger partial charge < -0.3 is 10.0 Å². The van der Waals surface area contributed by atoms with Crippen molar-refractivity contribution in [2.45, 2.75) is 0 Å². The summed E-state index contributed by atoms with van der Waals surface area (Å²) in [4.78, 5) is 0. The fraction of sp³-hybridized carbons (Fsp3) is 0. The normalized spacial score (nSPS) is 11.5. The van der Waals surface area contributed by atoms with E-state index in [0.29, 0.717) is 5.46 Å². The monoisotopic (exact) mass is 278 g/mol. The Hall–Kier alpha value is -1.88. The summed E-state index contributed by atoms with van der Waals surface area (Å²) in [6.07, 6.45) is 0. The molecule has 0 unspecified atom stereocenters. The zero-order chi connectivity index (χ0) is 13.7. The highest BCUT2D eigenvalue weighted by molar-refractivity contribution is 7.25. The first kappa shape index (κ1) is 11.9. The van der Waals surface area contributed by atoms with E-state index >= 15 is 0 Å². The van der Waals surface area contributed by atoms with Crippen molar-refractivity contribution in [1.82, 2.24) is 0 Å². The van der Waals surface area contributed by atoms with Crippen LogP contribution in [0.4, 0.5) is 0 Å². The molecule has 2 N–H and O–H groups in total. The third kappa shape index (κ3) is 1.66. The Morgan fingerprint density at radius 3 is 2.45 bits per heavy atom. The van der Waals surface area contributed by atoms with Crippen LogP contribution in [0.2, 0.25) is 0 Å². The Kier molecular flexibility index (Phi) is 2.57. The standard InChI is InChI=1S/C16H11BO2S/c18-17(19)14-6-3-4-10-8-16-13(9-12(10)14)11-5-1-2-7-15(11)20-16/h1-9,18-19H. The van der Waals surface area contributed by atoms with E-state index in [1.54, 1.807) is 17.4 Å². The molecule has 20 heavy (non-hydrogen) atoms. The number of fused-ring (bicyclic) bond motifs is 4. The van der Waals surface area contributed by atoms with Gasteiger partial charge in [0, 0.05) is 20.2 Å². The predicted molar refractivity (Wildman–Crippen MR) is 86.7 cm³/mol. The zero-order valence-corrected chi connectivity index (χ0v) is 11.4. The van der Waals surface area contributed by atoms with Crippen LogP contribution in [-0.4, -0.2) is 17.2 Å². The summed E-state index contributed by atoms with van der Waals surface area (Å²) in [5.41, 5.74) is 0.555. The molecule has 0 radical (unpaired) electrons. The van der Waals surface area contributed by atoms with Gasteiger partial charge in [0.25, 0.3) is 0 Å². The fourth-order valence-corrected chi connectivity index (χ4v) is 3.88. The molecule has 0 saturated heterocycles. The Bertz CT molecular complexity index is 943. The Balaban J connectivity index is 2.20. The van der Waals surface area contributed by atoms with Gasteiger partial charge in [0.1, 0.15) is 0 Å². The summed E-state index contributed by atoms with van der Waals surface area (Å²) in [6.45, 7) is 0. The van der Waals surface area contributed by atoms with Gasteiger partial charge in [0.15, 0.2) is 0 Å². The minimum atomic E-state index is -1.44. The van der Waals surface area contributed by atoms with Crippen LogP contribution < -0.4 is 5.46 Å². The molecule has 0 amide bonds. The number of benzene rings is 3. The third-order valence-corrected chi connectivity index (χ3v) is 4.82. The number of hydrogen-bond donors (Lipinski definition) is 2. The highest BCUT2D eigenvalue weighted by Crippen LogP contribution is 2.35. The van der Waals surface area contributed by atoms with Gasteiger partial charge in [-0.1, -0.05) is 36.4 Å². The largest absolute Gasteiger partial charge is 0.489 e.